The summed E-state index contributed by atoms with van der Waals surface area (Å²) < 4.78 is 33.4. The Morgan fingerprint density at radius 3 is 2.45 bits per heavy atom. The SMILES string of the molecule is CCN(CC)CCCNC(=O)Nc1cc(Oc2ccc(NC(=S)NC(=O)Cc3ccc(F)cc3)cc2F)ccn1. The van der Waals surface area contributed by atoms with E-state index in [9.17, 15) is 18.4 Å². The summed E-state index contributed by atoms with van der Waals surface area (Å²) in [6, 6.07) is 12.3. The molecule has 0 atom stereocenters. The topological polar surface area (TPSA) is 108 Å². The van der Waals surface area contributed by atoms with E-state index in [2.05, 4.69) is 45.0 Å². The van der Waals surface area contributed by atoms with Crippen LogP contribution in [0.25, 0.3) is 0 Å². The molecular formula is C28H32F2N6O3S. The summed E-state index contributed by atoms with van der Waals surface area (Å²) in [5, 5.41) is 10.6. The average Bonchev–Trinajstić information content (AvgIpc) is 2.92. The van der Waals surface area contributed by atoms with Gasteiger partial charge in [-0.1, -0.05) is 26.0 Å². The van der Waals surface area contributed by atoms with E-state index in [0.717, 1.165) is 26.1 Å². The van der Waals surface area contributed by atoms with Crippen LogP contribution in [0, 0.1) is 11.6 Å². The number of aromatic nitrogens is 1. The van der Waals surface area contributed by atoms with Crippen molar-refractivity contribution in [2.75, 3.05) is 36.8 Å². The first-order valence-corrected chi connectivity index (χ1v) is 13.2. The van der Waals surface area contributed by atoms with Crippen molar-refractivity contribution in [3.63, 3.8) is 0 Å². The summed E-state index contributed by atoms with van der Waals surface area (Å²) in [7, 11) is 0. The molecule has 0 aliphatic carbocycles. The quantitative estimate of drug-likeness (QED) is 0.178. The van der Waals surface area contributed by atoms with Crippen LogP contribution in [-0.2, 0) is 11.2 Å². The number of nitrogens with one attached hydrogen (secondary N) is 4. The Bertz CT molecular complexity index is 1310. The molecule has 1 aromatic heterocycles. The van der Waals surface area contributed by atoms with E-state index in [1.54, 1.807) is 0 Å². The molecule has 0 aliphatic heterocycles. The Labute approximate surface area is 237 Å². The second-order valence-corrected chi connectivity index (χ2v) is 9.10. The van der Waals surface area contributed by atoms with Crippen molar-refractivity contribution in [2.45, 2.75) is 26.7 Å². The highest BCUT2D eigenvalue weighted by Gasteiger charge is 2.11. The number of halogens is 2. The largest absolute Gasteiger partial charge is 0.454 e. The van der Waals surface area contributed by atoms with Gasteiger partial charge in [0.25, 0.3) is 0 Å². The van der Waals surface area contributed by atoms with Gasteiger partial charge < -0.3 is 25.6 Å². The lowest BCUT2D eigenvalue weighted by atomic mass is 10.1. The summed E-state index contributed by atoms with van der Waals surface area (Å²) in [5.41, 5.74) is 0.918. The zero-order valence-electron chi connectivity index (χ0n) is 22.3. The lowest BCUT2D eigenvalue weighted by Crippen LogP contribution is -2.35. The molecule has 9 nitrogen and oxygen atoms in total. The summed E-state index contributed by atoms with van der Waals surface area (Å²) in [6.45, 7) is 7.53. The standard InChI is InChI=1S/C28H32F2N6O3S/c1-3-36(4-2)15-5-13-32-27(38)34-25-18-22(12-14-31-25)39-24-11-10-21(17-23(24)30)33-28(40)35-26(37)16-19-6-8-20(29)9-7-19/h6-12,14,17-18H,3-5,13,15-16H2,1-2H3,(H2,31,32,34,38)(H2,33,35,37,40). The Morgan fingerprint density at radius 2 is 1.75 bits per heavy atom. The van der Waals surface area contributed by atoms with Gasteiger partial charge in [-0.3, -0.25) is 10.1 Å². The molecule has 3 aromatic rings. The molecule has 3 rings (SSSR count). The fourth-order valence-electron chi connectivity index (χ4n) is 3.66. The summed E-state index contributed by atoms with van der Waals surface area (Å²) >= 11 is 5.13. The van der Waals surface area contributed by atoms with Crippen LogP contribution in [0.3, 0.4) is 0 Å². The van der Waals surface area contributed by atoms with Crippen LogP contribution >= 0.6 is 12.2 Å². The van der Waals surface area contributed by atoms with Crippen molar-refractivity contribution in [1.29, 1.82) is 0 Å². The average molecular weight is 571 g/mol. The molecular weight excluding hydrogens is 538 g/mol. The number of thiocarbonyl (C=S) groups is 1. The van der Waals surface area contributed by atoms with Crippen LogP contribution in [0.15, 0.2) is 60.8 Å². The lowest BCUT2D eigenvalue weighted by molar-refractivity contribution is -0.119. The van der Waals surface area contributed by atoms with Gasteiger partial charge in [0.2, 0.25) is 5.91 Å². The van der Waals surface area contributed by atoms with Crippen LogP contribution < -0.4 is 26.0 Å². The molecule has 0 bridgehead atoms. The summed E-state index contributed by atoms with van der Waals surface area (Å²) in [4.78, 5) is 30.7. The van der Waals surface area contributed by atoms with Crippen LogP contribution in [-0.4, -0.2) is 53.1 Å². The maximum Gasteiger partial charge on any atom is 0.320 e. The predicted molar refractivity (Wildman–Crippen MR) is 155 cm³/mol. The molecule has 0 saturated carbocycles. The zero-order valence-corrected chi connectivity index (χ0v) is 23.1. The number of urea groups is 1. The molecule has 40 heavy (non-hydrogen) atoms. The second-order valence-electron chi connectivity index (χ2n) is 8.69. The molecule has 12 heteroatoms. The van der Waals surface area contributed by atoms with Crippen LogP contribution in [0.2, 0.25) is 0 Å². The van der Waals surface area contributed by atoms with Gasteiger partial charge in [0.05, 0.1) is 6.42 Å². The van der Waals surface area contributed by atoms with Gasteiger partial charge in [0, 0.05) is 30.6 Å². The number of carbonyl (C=O) groups excluding carboxylic acids is 2. The maximum absolute atomic E-state index is 14.7. The lowest BCUT2D eigenvalue weighted by Gasteiger charge is -2.17. The number of anilines is 2. The minimum atomic E-state index is -0.678. The highest BCUT2D eigenvalue weighted by molar-refractivity contribution is 7.80. The van der Waals surface area contributed by atoms with Crippen LogP contribution in [0.4, 0.5) is 25.1 Å². The smallest absolute Gasteiger partial charge is 0.320 e. The third-order valence-electron chi connectivity index (χ3n) is 5.75. The summed E-state index contributed by atoms with van der Waals surface area (Å²) in [6.07, 6.45) is 2.26. The number of hydrogen-bond donors (Lipinski definition) is 4. The molecule has 0 fully saturated rings. The minimum absolute atomic E-state index is 0.00430. The van der Waals surface area contributed by atoms with Crippen molar-refractivity contribution < 1.29 is 23.1 Å². The van der Waals surface area contributed by atoms with E-state index in [-0.39, 0.29) is 28.9 Å². The molecule has 0 aliphatic rings. The van der Waals surface area contributed by atoms with E-state index >= 15 is 0 Å². The molecule has 2 aromatic carbocycles. The number of benzene rings is 2. The van der Waals surface area contributed by atoms with Gasteiger partial charge in [0.1, 0.15) is 17.4 Å². The highest BCUT2D eigenvalue weighted by Crippen LogP contribution is 2.27. The third-order valence-corrected chi connectivity index (χ3v) is 5.96. The Balaban J connectivity index is 1.48. The minimum Gasteiger partial charge on any atom is -0.454 e. The number of nitrogens with zero attached hydrogens (tertiary/aromatic N) is 2. The number of rotatable bonds is 12. The van der Waals surface area contributed by atoms with Crippen molar-refractivity contribution in [1.82, 2.24) is 20.5 Å². The second kappa shape index (κ2) is 15.4. The van der Waals surface area contributed by atoms with E-state index in [4.69, 9.17) is 17.0 Å². The number of ether oxygens (including phenoxy) is 1. The fraction of sp³-hybridized carbons (Fsp3) is 0.286. The Morgan fingerprint density at radius 1 is 1.00 bits per heavy atom. The van der Waals surface area contributed by atoms with Gasteiger partial charge in [-0.25, -0.2) is 18.6 Å². The van der Waals surface area contributed by atoms with Crippen LogP contribution in [0.1, 0.15) is 25.8 Å². The Hall–Kier alpha value is -4.16. The first kappa shape index (κ1) is 30.4. The molecule has 212 valence electrons. The van der Waals surface area contributed by atoms with E-state index in [1.807, 2.05) is 0 Å². The molecule has 4 N–H and O–H groups in total. The van der Waals surface area contributed by atoms with Gasteiger partial charge in [-0.15, -0.1) is 0 Å². The number of hydrogen-bond acceptors (Lipinski definition) is 6. The number of carbonyl (C=O) groups is 2. The van der Waals surface area contributed by atoms with Gasteiger partial charge in [-0.05, 0) is 74.2 Å². The summed E-state index contributed by atoms with van der Waals surface area (Å²) in [5.74, 6) is -1.01. The molecule has 0 radical (unpaired) electrons. The van der Waals surface area contributed by atoms with Crippen molar-refractivity contribution >= 4 is 40.8 Å². The van der Waals surface area contributed by atoms with Gasteiger partial charge >= 0.3 is 6.03 Å². The molecule has 3 amide bonds. The maximum atomic E-state index is 14.7. The fourth-order valence-corrected chi connectivity index (χ4v) is 3.89. The number of pyridine rings is 1. The van der Waals surface area contributed by atoms with E-state index in [0.29, 0.717) is 17.8 Å². The first-order valence-electron chi connectivity index (χ1n) is 12.8. The monoisotopic (exact) mass is 570 g/mol. The molecule has 0 spiro atoms. The van der Waals surface area contributed by atoms with Crippen molar-refractivity contribution in [3.8, 4) is 11.5 Å². The van der Waals surface area contributed by atoms with Crippen molar-refractivity contribution in [3.05, 3.63) is 78.0 Å². The third kappa shape index (κ3) is 10.2. The molecule has 0 saturated heterocycles. The first-order chi connectivity index (χ1) is 19.2. The van der Waals surface area contributed by atoms with E-state index < -0.39 is 23.6 Å². The zero-order chi connectivity index (χ0) is 28.9. The highest BCUT2D eigenvalue weighted by atomic mass is 32.1. The predicted octanol–water partition coefficient (Wildman–Crippen LogP) is 5.06. The molecule has 1 heterocycles. The Kier molecular flexibility index (Phi) is 11.7. The number of amides is 3. The normalized spacial score (nSPS) is 10.6. The van der Waals surface area contributed by atoms with E-state index in [1.165, 1.54) is 60.8 Å². The molecule has 0 unspecified atom stereocenters. The van der Waals surface area contributed by atoms with Gasteiger partial charge in [0.15, 0.2) is 16.7 Å². The van der Waals surface area contributed by atoms with Gasteiger partial charge in [-0.2, -0.15) is 0 Å². The van der Waals surface area contributed by atoms with Crippen molar-refractivity contribution in [2.24, 2.45) is 0 Å². The van der Waals surface area contributed by atoms with Crippen LogP contribution in [0.5, 0.6) is 11.5 Å².